The van der Waals surface area contributed by atoms with Crippen LogP contribution in [0.25, 0.3) is 11.4 Å². The van der Waals surface area contributed by atoms with Crippen LogP contribution in [-0.4, -0.2) is 62.2 Å². The van der Waals surface area contributed by atoms with Crippen LogP contribution in [0.2, 0.25) is 0 Å². The summed E-state index contributed by atoms with van der Waals surface area (Å²) in [6.07, 6.45) is 0.419. The first-order chi connectivity index (χ1) is 12.8. The standard InChI is InChI=1S/C20H29N5OS/c1-5-23-12-13-25(20(3,4)14-23)17(26)10-11-24-18(21-22-19(24)27)16-8-6-15(2)7-9-16/h6-9H,5,10-14H2,1-4H3,(H,22,27). The van der Waals surface area contributed by atoms with E-state index in [0.29, 0.717) is 17.7 Å². The number of carbonyl (C=O) groups excluding carboxylic acids is 1. The van der Waals surface area contributed by atoms with E-state index in [0.717, 1.165) is 37.6 Å². The summed E-state index contributed by atoms with van der Waals surface area (Å²) in [4.78, 5) is 17.4. The Hall–Kier alpha value is -1.99. The highest BCUT2D eigenvalue weighted by atomic mass is 32.1. The van der Waals surface area contributed by atoms with Gasteiger partial charge >= 0.3 is 0 Å². The number of nitrogens with zero attached hydrogens (tertiary/aromatic N) is 4. The first kappa shape index (κ1) is 19.8. The second-order valence-electron chi connectivity index (χ2n) is 7.85. The topological polar surface area (TPSA) is 57.2 Å². The molecule has 1 aromatic carbocycles. The van der Waals surface area contributed by atoms with Crippen molar-refractivity contribution in [3.8, 4) is 11.4 Å². The maximum absolute atomic E-state index is 12.9. The van der Waals surface area contributed by atoms with Gasteiger partial charge in [-0.2, -0.15) is 5.10 Å². The van der Waals surface area contributed by atoms with Gasteiger partial charge in [0.1, 0.15) is 0 Å². The van der Waals surface area contributed by atoms with Crippen LogP contribution in [0.5, 0.6) is 0 Å². The van der Waals surface area contributed by atoms with Gasteiger partial charge in [-0.3, -0.25) is 19.4 Å². The monoisotopic (exact) mass is 387 g/mol. The van der Waals surface area contributed by atoms with Crippen LogP contribution in [0.1, 0.15) is 32.8 Å². The van der Waals surface area contributed by atoms with Crippen LogP contribution in [0.3, 0.4) is 0 Å². The molecule has 2 aromatic rings. The van der Waals surface area contributed by atoms with Crippen LogP contribution < -0.4 is 0 Å². The molecule has 1 fully saturated rings. The minimum atomic E-state index is -0.150. The lowest BCUT2D eigenvalue weighted by Gasteiger charge is -2.47. The third-order valence-corrected chi connectivity index (χ3v) is 5.66. The summed E-state index contributed by atoms with van der Waals surface area (Å²) in [6.45, 7) is 12.7. The number of aryl methyl sites for hydroxylation is 1. The van der Waals surface area contributed by atoms with Crippen LogP contribution in [-0.2, 0) is 11.3 Å². The van der Waals surface area contributed by atoms with E-state index in [-0.39, 0.29) is 11.4 Å². The summed E-state index contributed by atoms with van der Waals surface area (Å²) in [5.74, 6) is 0.955. The molecule has 1 amide bonds. The molecule has 1 N–H and O–H groups in total. The summed E-state index contributed by atoms with van der Waals surface area (Å²) in [5, 5.41) is 7.24. The van der Waals surface area contributed by atoms with Gasteiger partial charge in [0.25, 0.3) is 0 Å². The zero-order valence-corrected chi connectivity index (χ0v) is 17.5. The Morgan fingerprint density at radius 1 is 1.26 bits per heavy atom. The quantitative estimate of drug-likeness (QED) is 0.800. The molecule has 1 aromatic heterocycles. The molecule has 0 saturated carbocycles. The van der Waals surface area contributed by atoms with Gasteiger partial charge in [0.15, 0.2) is 10.6 Å². The number of benzene rings is 1. The highest BCUT2D eigenvalue weighted by Crippen LogP contribution is 2.23. The maximum atomic E-state index is 12.9. The molecule has 146 valence electrons. The van der Waals surface area contributed by atoms with Gasteiger partial charge in [-0.25, -0.2) is 0 Å². The van der Waals surface area contributed by atoms with E-state index in [9.17, 15) is 4.79 Å². The molecule has 0 atom stereocenters. The average molecular weight is 388 g/mol. The Kier molecular flexibility index (Phi) is 5.81. The molecule has 0 radical (unpaired) electrons. The largest absolute Gasteiger partial charge is 0.335 e. The van der Waals surface area contributed by atoms with Crippen LogP contribution in [0.15, 0.2) is 24.3 Å². The van der Waals surface area contributed by atoms with Crippen molar-refractivity contribution >= 4 is 18.1 Å². The first-order valence-electron chi connectivity index (χ1n) is 9.57. The van der Waals surface area contributed by atoms with Crippen molar-refractivity contribution in [1.29, 1.82) is 0 Å². The Bertz CT molecular complexity index is 852. The molecule has 0 bridgehead atoms. The second kappa shape index (κ2) is 7.94. The van der Waals surface area contributed by atoms with E-state index < -0.39 is 0 Å². The molecule has 0 aliphatic carbocycles. The van der Waals surface area contributed by atoms with Gasteiger partial charge in [0, 0.05) is 43.7 Å². The number of amides is 1. The fourth-order valence-corrected chi connectivity index (χ4v) is 4.00. The number of rotatable bonds is 5. The highest BCUT2D eigenvalue weighted by Gasteiger charge is 2.35. The summed E-state index contributed by atoms with van der Waals surface area (Å²) in [6, 6.07) is 8.17. The van der Waals surface area contributed by atoms with Crippen molar-refractivity contribution in [3.63, 3.8) is 0 Å². The molecule has 0 spiro atoms. The molecule has 1 aliphatic rings. The zero-order valence-electron chi connectivity index (χ0n) is 16.7. The van der Waals surface area contributed by atoms with Crippen molar-refractivity contribution < 1.29 is 4.79 Å². The molecular formula is C20H29N5OS. The van der Waals surface area contributed by atoms with Gasteiger partial charge < -0.3 is 4.90 Å². The lowest BCUT2D eigenvalue weighted by Crippen LogP contribution is -2.61. The predicted octanol–water partition coefficient (Wildman–Crippen LogP) is 3.25. The number of hydrogen-bond acceptors (Lipinski definition) is 4. The van der Waals surface area contributed by atoms with Crippen molar-refractivity contribution in [2.45, 2.75) is 46.2 Å². The molecule has 0 unspecified atom stereocenters. The summed E-state index contributed by atoms with van der Waals surface area (Å²) < 4.78 is 2.47. The van der Waals surface area contributed by atoms with Gasteiger partial charge in [-0.05, 0) is 39.5 Å². The zero-order chi connectivity index (χ0) is 19.6. The number of likely N-dealkylation sites (N-methyl/N-ethyl adjacent to an activating group) is 1. The molecular weight excluding hydrogens is 358 g/mol. The van der Waals surface area contributed by atoms with Crippen molar-refractivity contribution in [2.24, 2.45) is 0 Å². The van der Waals surface area contributed by atoms with Crippen molar-refractivity contribution in [3.05, 3.63) is 34.6 Å². The van der Waals surface area contributed by atoms with E-state index in [1.54, 1.807) is 0 Å². The average Bonchev–Trinajstić information content (AvgIpc) is 3.00. The summed E-state index contributed by atoms with van der Waals surface area (Å²) >= 11 is 5.40. The highest BCUT2D eigenvalue weighted by molar-refractivity contribution is 7.71. The Morgan fingerprint density at radius 2 is 1.96 bits per heavy atom. The second-order valence-corrected chi connectivity index (χ2v) is 8.23. The van der Waals surface area contributed by atoms with Gasteiger partial charge in [-0.15, -0.1) is 0 Å². The third kappa shape index (κ3) is 4.30. The molecule has 6 nitrogen and oxygen atoms in total. The van der Waals surface area contributed by atoms with Gasteiger partial charge in [-0.1, -0.05) is 36.8 Å². The Balaban J connectivity index is 1.72. The van der Waals surface area contributed by atoms with Crippen molar-refractivity contribution in [1.82, 2.24) is 24.6 Å². The minimum absolute atomic E-state index is 0.150. The van der Waals surface area contributed by atoms with Gasteiger partial charge in [0.05, 0.1) is 0 Å². The predicted molar refractivity (Wildman–Crippen MR) is 110 cm³/mol. The molecule has 1 saturated heterocycles. The molecule has 1 aliphatic heterocycles. The fourth-order valence-electron chi connectivity index (χ4n) is 3.78. The smallest absolute Gasteiger partial charge is 0.224 e. The van der Waals surface area contributed by atoms with Crippen LogP contribution in [0.4, 0.5) is 0 Å². The lowest BCUT2D eigenvalue weighted by atomic mass is 9.98. The number of carbonyl (C=O) groups is 1. The van der Waals surface area contributed by atoms with Gasteiger partial charge in [0.2, 0.25) is 5.91 Å². The van der Waals surface area contributed by atoms with E-state index in [2.05, 4.69) is 54.9 Å². The van der Waals surface area contributed by atoms with Crippen molar-refractivity contribution in [2.75, 3.05) is 26.2 Å². The van der Waals surface area contributed by atoms with Crippen LogP contribution >= 0.6 is 12.2 Å². The fraction of sp³-hybridized carbons (Fsp3) is 0.550. The van der Waals surface area contributed by atoms with E-state index in [1.165, 1.54) is 5.56 Å². The maximum Gasteiger partial charge on any atom is 0.224 e. The molecule has 27 heavy (non-hydrogen) atoms. The summed E-state index contributed by atoms with van der Waals surface area (Å²) in [7, 11) is 0. The minimum Gasteiger partial charge on any atom is -0.335 e. The van der Waals surface area contributed by atoms with E-state index in [4.69, 9.17) is 12.2 Å². The van der Waals surface area contributed by atoms with E-state index >= 15 is 0 Å². The Morgan fingerprint density at radius 3 is 2.59 bits per heavy atom. The van der Waals surface area contributed by atoms with Crippen LogP contribution in [0, 0.1) is 11.7 Å². The first-order valence-corrected chi connectivity index (χ1v) is 9.97. The SMILES string of the molecule is CCN1CCN(C(=O)CCn2c(-c3ccc(C)cc3)n[nH]c2=S)C(C)(C)C1. The molecule has 7 heteroatoms. The third-order valence-electron chi connectivity index (χ3n) is 5.35. The number of H-pyrrole nitrogens is 1. The molecule has 2 heterocycles. The lowest BCUT2D eigenvalue weighted by molar-refractivity contribution is -0.140. The number of hydrogen-bond donors (Lipinski definition) is 1. The van der Waals surface area contributed by atoms with E-state index in [1.807, 2.05) is 21.6 Å². The number of aromatic nitrogens is 3. The molecule has 3 rings (SSSR count). The number of aromatic amines is 1. The Labute approximate surface area is 166 Å². The number of nitrogens with one attached hydrogen (secondary N) is 1. The number of piperazine rings is 1. The normalized spacial score (nSPS) is 17.3. The summed E-state index contributed by atoms with van der Waals surface area (Å²) in [5.41, 5.74) is 2.04.